The molecule has 1 aromatic rings. The molecule has 0 fully saturated rings. The standard InChI is InChI=1S/C18H29NO3/c1-5-7-13-18(3,21-4)17(20)19-15-9-11-16(12-10-15)22-14-8-6-2/h9-12H,5-8,13-14H2,1-4H3,(H,19,20)/t18-/m0/s1. The molecule has 0 radical (unpaired) electrons. The van der Waals surface area contributed by atoms with Crippen LogP contribution in [-0.4, -0.2) is 25.2 Å². The van der Waals surface area contributed by atoms with Crippen molar-refractivity contribution < 1.29 is 14.3 Å². The highest BCUT2D eigenvalue weighted by Crippen LogP contribution is 2.22. The van der Waals surface area contributed by atoms with Crippen molar-refractivity contribution in [2.24, 2.45) is 0 Å². The minimum atomic E-state index is -0.785. The van der Waals surface area contributed by atoms with Crippen molar-refractivity contribution in [3.05, 3.63) is 24.3 Å². The van der Waals surface area contributed by atoms with E-state index < -0.39 is 5.60 Å². The largest absolute Gasteiger partial charge is 0.494 e. The number of benzene rings is 1. The second-order valence-corrected chi connectivity index (χ2v) is 5.72. The van der Waals surface area contributed by atoms with Crippen LogP contribution in [0.2, 0.25) is 0 Å². The molecule has 0 heterocycles. The van der Waals surface area contributed by atoms with E-state index in [0.29, 0.717) is 6.42 Å². The first kappa shape index (κ1) is 18.5. The third-order valence-electron chi connectivity index (χ3n) is 3.82. The molecule has 0 spiro atoms. The maximum Gasteiger partial charge on any atom is 0.256 e. The third kappa shape index (κ3) is 5.68. The average Bonchev–Trinajstić information content (AvgIpc) is 2.54. The van der Waals surface area contributed by atoms with Crippen LogP contribution >= 0.6 is 0 Å². The van der Waals surface area contributed by atoms with E-state index in [1.807, 2.05) is 31.2 Å². The Labute approximate surface area is 134 Å². The minimum absolute atomic E-state index is 0.108. The van der Waals surface area contributed by atoms with Gasteiger partial charge >= 0.3 is 0 Å². The molecule has 0 saturated heterocycles. The van der Waals surface area contributed by atoms with Gasteiger partial charge in [0.05, 0.1) is 6.61 Å². The second kappa shape index (κ2) is 9.46. The summed E-state index contributed by atoms with van der Waals surface area (Å²) < 4.78 is 11.0. The number of hydrogen-bond donors (Lipinski definition) is 1. The maximum atomic E-state index is 12.4. The van der Waals surface area contributed by atoms with Crippen molar-refractivity contribution in [3.8, 4) is 5.75 Å². The lowest BCUT2D eigenvalue weighted by Gasteiger charge is -2.26. The smallest absolute Gasteiger partial charge is 0.256 e. The van der Waals surface area contributed by atoms with Gasteiger partial charge in [-0.1, -0.05) is 33.1 Å². The van der Waals surface area contributed by atoms with Crippen LogP contribution in [-0.2, 0) is 9.53 Å². The molecule has 1 N–H and O–H groups in total. The summed E-state index contributed by atoms with van der Waals surface area (Å²) in [5.41, 5.74) is -0.0284. The third-order valence-corrected chi connectivity index (χ3v) is 3.82. The van der Waals surface area contributed by atoms with Crippen LogP contribution in [0.4, 0.5) is 5.69 Å². The summed E-state index contributed by atoms with van der Waals surface area (Å²) in [6.45, 7) is 6.79. The van der Waals surface area contributed by atoms with Gasteiger partial charge in [-0.3, -0.25) is 4.79 Å². The van der Waals surface area contributed by atoms with Crippen molar-refractivity contribution in [2.75, 3.05) is 19.0 Å². The number of ether oxygens (including phenoxy) is 2. The van der Waals surface area contributed by atoms with Gasteiger partial charge in [0.15, 0.2) is 0 Å². The van der Waals surface area contributed by atoms with Gasteiger partial charge in [-0.25, -0.2) is 0 Å². The molecule has 1 atom stereocenters. The van der Waals surface area contributed by atoms with Gasteiger partial charge in [-0.05, 0) is 44.0 Å². The van der Waals surface area contributed by atoms with Crippen LogP contribution in [0.1, 0.15) is 52.9 Å². The highest BCUT2D eigenvalue weighted by atomic mass is 16.5. The van der Waals surface area contributed by atoms with Crippen LogP contribution in [0.5, 0.6) is 5.75 Å². The van der Waals surface area contributed by atoms with E-state index >= 15 is 0 Å². The molecule has 1 aromatic carbocycles. The molecule has 1 rings (SSSR count). The molecule has 4 nitrogen and oxygen atoms in total. The molecule has 0 unspecified atom stereocenters. The van der Waals surface area contributed by atoms with Crippen LogP contribution in [0.3, 0.4) is 0 Å². The van der Waals surface area contributed by atoms with Crippen LogP contribution in [0.15, 0.2) is 24.3 Å². The fourth-order valence-electron chi connectivity index (χ4n) is 2.05. The van der Waals surface area contributed by atoms with Gasteiger partial charge < -0.3 is 14.8 Å². The Morgan fingerprint density at radius 3 is 2.32 bits per heavy atom. The molecule has 0 saturated carbocycles. The lowest BCUT2D eigenvalue weighted by Crippen LogP contribution is -2.41. The molecular weight excluding hydrogens is 278 g/mol. The Morgan fingerprint density at radius 2 is 1.77 bits per heavy atom. The zero-order chi connectivity index (χ0) is 16.4. The molecule has 0 aliphatic carbocycles. The number of anilines is 1. The Hall–Kier alpha value is -1.55. The number of hydrogen-bond acceptors (Lipinski definition) is 3. The molecule has 124 valence electrons. The van der Waals surface area contributed by atoms with Crippen LogP contribution in [0, 0.1) is 0 Å². The number of nitrogens with one attached hydrogen (secondary N) is 1. The highest BCUT2D eigenvalue weighted by molar-refractivity contribution is 5.97. The van der Waals surface area contributed by atoms with E-state index in [0.717, 1.165) is 43.7 Å². The topological polar surface area (TPSA) is 47.6 Å². The Bertz CT molecular complexity index is 444. The Kier molecular flexibility index (Phi) is 7.96. The van der Waals surface area contributed by atoms with Gasteiger partial charge in [0.1, 0.15) is 11.4 Å². The molecule has 0 bridgehead atoms. The number of unbranched alkanes of at least 4 members (excludes halogenated alkanes) is 2. The van der Waals surface area contributed by atoms with Gasteiger partial charge in [0.25, 0.3) is 5.91 Å². The summed E-state index contributed by atoms with van der Waals surface area (Å²) in [4.78, 5) is 12.4. The van der Waals surface area contributed by atoms with Crippen molar-refractivity contribution >= 4 is 11.6 Å². The summed E-state index contributed by atoms with van der Waals surface area (Å²) in [5.74, 6) is 0.718. The fraction of sp³-hybridized carbons (Fsp3) is 0.611. The highest BCUT2D eigenvalue weighted by Gasteiger charge is 2.32. The normalized spacial score (nSPS) is 13.5. The van der Waals surface area contributed by atoms with E-state index in [4.69, 9.17) is 9.47 Å². The first-order valence-electron chi connectivity index (χ1n) is 8.15. The maximum absolute atomic E-state index is 12.4. The quantitative estimate of drug-likeness (QED) is 0.652. The summed E-state index contributed by atoms with van der Waals surface area (Å²) >= 11 is 0. The first-order chi connectivity index (χ1) is 10.6. The van der Waals surface area contributed by atoms with E-state index in [9.17, 15) is 4.79 Å². The molecular formula is C18H29NO3. The monoisotopic (exact) mass is 307 g/mol. The molecule has 0 aromatic heterocycles. The van der Waals surface area contributed by atoms with Crippen molar-refractivity contribution in [1.29, 1.82) is 0 Å². The zero-order valence-corrected chi connectivity index (χ0v) is 14.3. The van der Waals surface area contributed by atoms with Crippen molar-refractivity contribution in [3.63, 3.8) is 0 Å². The van der Waals surface area contributed by atoms with Crippen molar-refractivity contribution in [2.45, 2.75) is 58.5 Å². The van der Waals surface area contributed by atoms with Crippen molar-refractivity contribution in [1.82, 2.24) is 0 Å². The zero-order valence-electron chi connectivity index (χ0n) is 14.3. The predicted molar refractivity (Wildman–Crippen MR) is 90.4 cm³/mol. The van der Waals surface area contributed by atoms with Gasteiger partial charge in [-0.2, -0.15) is 0 Å². The summed E-state index contributed by atoms with van der Waals surface area (Å²) in [5, 5.41) is 2.92. The minimum Gasteiger partial charge on any atom is -0.494 e. The number of carbonyl (C=O) groups is 1. The number of amides is 1. The number of carbonyl (C=O) groups excluding carboxylic acids is 1. The lowest BCUT2D eigenvalue weighted by molar-refractivity contribution is -0.136. The fourth-order valence-corrected chi connectivity index (χ4v) is 2.05. The van der Waals surface area contributed by atoms with Gasteiger partial charge in [0.2, 0.25) is 0 Å². The Balaban J connectivity index is 2.59. The van der Waals surface area contributed by atoms with Gasteiger partial charge in [0, 0.05) is 12.8 Å². The summed E-state index contributed by atoms with van der Waals surface area (Å²) in [6, 6.07) is 7.47. The average molecular weight is 307 g/mol. The van der Waals surface area contributed by atoms with Crippen LogP contribution in [0.25, 0.3) is 0 Å². The Morgan fingerprint density at radius 1 is 1.14 bits per heavy atom. The second-order valence-electron chi connectivity index (χ2n) is 5.72. The predicted octanol–water partition coefficient (Wildman–Crippen LogP) is 4.40. The van der Waals surface area contributed by atoms with E-state index in [1.165, 1.54) is 0 Å². The lowest BCUT2D eigenvalue weighted by atomic mass is 9.97. The summed E-state index contributed by atoms with van der Waals surface area (Å²) in [7, 11) is 1.58. The molecule has 22 heavy (non-hydrogen) atoms. The number of rotatable bonds is 10. The van der Waals surface area contributed by atoms with E-state index in [1.54, 1.807) is 7.11 Å². The van der Waals surface area contributed by atoms with Gasteiger partial charge in [-0.15, -0.1) is 0 Å². The molecule has 4 heteroatoms. The SMILES string of the molecule is CCCCOc1ccc(NC(=O)[C@](C)(CCCC)OC)cc1. The van der Waals surface area contributed by atoms with E-state index in [-0.39, 0.29) is 5.91 Å². The summed E-state index contributed by atoms with van der Waals surface area (Å²) in [6.07, 6.45) is 4.87. The molecule has 1 amide bonds. The number of methoxy groups -OCH3 is 1. The molecule has 0 aliphatic heterocycles. The van der Waals surface area contributed by atoms with Crippen LogP contribution < -0.4 is 10.1 Å². The van der Waals surface area contributed by atoms with E-state index in [2.05, 4.69) is 19.2 Å². The molecule has 0 aliphatic rings. The first-order valence-corrected chi connectivity index (χ1v) is 8.15.